The van der Waals surface area contributed by atoms with E-state index in [1.165, 1.54) is 12.0 Å². The highest BCUT2D eigenvalue weighted by Gasteiger charge is 2.36. The highest BCUT2D eigenvalue weighted by Crippen LogP contribution is 2.38. The summed E-state index contributed by atoms with van der Waals surface area (Å²) in [5, 5.41) is 0. The quantitative estimate of drug-likeness (QED) is 0.783. The van der Waals surface area contributed by atoms with Crippen LogP contribution in [0.2, 0.25) is 0 Å². The summed E-state index contributed by atoms with van der Waals surface area (Å²) in [7, 11) is 0. The number of fused-ring (bicyclic) bond motifs is 3. The number of rotatable bonds is 1. The van der Waals surface area contributed by atoms with E-state index < -0.39 is 0 Å². The minimum absolute atomic E-state index is 0.129. The fraction of sp³-hybridized carbons (Fsp3) is 0.538. The SMILES string of the molecule is NCC1CCN2c3cc(F)ccc3CCC12. The molecule has 1 aromatic carbocycles. The van der Waals surface area contributed by atoms with E-state index in [0.29, 0.717) is 12.0 Å². The molecule has 3 rings (SSSR count). The van der Waals surface area contributed by atoms with Crippen molar-refractivity contribution in [1.29, 1.82) is 0 Å². The molecule has 0 saturated carbocycles. The first-order chi connectivity index (χ1) is 7.79. The van der Waals surface area contributed by atoms with Gasteiger partial charge in [0.2, 0.25) is 0 Å². The van der Waals surface area contributed by atoms with E-state index in [4.69, 9.17) is 5.73 Å². The maximum Gasteiger partial charge on any atom is 0.125 e. The molecule has 1 aromatic rings. The Morgan fingerprint density at radius 2 is 2.25 bits per heavy atom. The van der Waals surface area contributed by atoms with E-state index in [-0.39, 0.29) is 5.82 Å². The summed E-state index contributed by atoms with van der Waals surface area (Å²) in [5.41, 5.74) is 8.18. The van der Waals surface area contributed by atoms with Crippen molar-refractivity contribution in [3.8, 4) is 0 Å². The molecule has 1 saturated heterocycles. The van der Waals surface area contributed by atoms with Crippen LogP contribution < -0.4 is 10.6 Å². The maximum atomic E-state index is 13.3. The summed E-state index contributed by atoms with van der Waals surface area (Å²) in [6.07, 6.45) is 3.38. The van der Waals surface area contributed by atoms with Crippen LogP contribution in [0.1, 0.15) is 18.4 Å². The van der Waals surface area contributed by atoms with Gasteiger partial charge in [-0.25, -0.2) is 4.39 Å². The third kappa shape index (κ3) is 1.42. The first-order valence-corrected chi connectivity index (χ1v) is 6.04. The van der Waals surface area contributed by atoms with E-state index >= 15 is 0 Å². The lowest BCUT2D eigenvalue weighted by Gasteiger charge is -2.35. The summed E-state index contributed by atoms with van der Waals surface area (Å²) in [5.74, 6) is 0.465. The molecule has 2 atom stereocenters. The van der Waals surface area contributed by atoms with Gasteiger partial charge >= 0.3 is 0 Å². The van der Waals surface area contributed by atoms with Gasteiger partial charge in [0.1, 0.15) is 5.82 Å². The fourth-order valence-electron chi connectivity index (χ4n) is 3.20. The Labute approximate surface area is 95.2 Å². The Kier molecular flexibility index (Phi) is 2.36. The number of hydrogen-bond donors (Lipinski definition) is 1. The van der Waals surface area contributed by atoms with Gasteiger partial charge in [0.05, 0.1) is 0 Å². The number of anilines is 1. The molecule has 16 heavy (non-hydrogen) atoms. The third-order valence-electron chi connectivity index (χ3n) is 4.05. The van der Waals surface area contributed by atoms with E-state index in [2.05, 4.69) is 4.90 Å². The molecule has 0 radical (unpaired) electrons. The van der Waals surface area contributed by atoms with Gasteiger partial charge in [0.15, 0.2) is 0 Å². The summed E-state index contributed by atoms with van der Waals surface area (Å²) < 4.78 is 13.3. The van der Waals surface area contributed by atoms with Crippen molar-refractivity contribution in [3.05, 3.63) is 29.6 Å². The molecule has 2 nitrogen and oxygen atoms in total. The number of nitrogens with two attached hydrogens (primary N) is 1. The van der Waals surface area contributed by atoms with Crippen LogP contribution >= 0.6 is 0 Å². The monoisotopic (exact) mass is 220 g/mol. The molecule has 2 aliphatic heterocycles. The second-order valence-electron chi connectivity index (χ2n) is 4.86. The van der Waals surface area contributed by atoms with Gasteiger partial charge in [-0.1, -0.05) is 6.07 Å². The predicted molar refractivity (Wildman–Crippen MR) is 63.0 cm³/mol. The maximum absolute atomic E-state index is 13.3. The van der Waals surface area contributed by atoms with Crippen LogP contribution in [0.3, 0.4) is 0 Å². The van der Waals surface area contributed by atoms with Crippen molar-refractivity contribution in [2.24, 2.45) is 11.7 Å². The van der Waals surface area contributed by atoms with E-state index in [0.717, 1.165) is 31.6 Å². The van der Waals surface area contributed by atoms with Crippen LogP contribution in [0.15, 0.2) is 18.2 Å². The van der Waals surface area contributed by atoms with Crippen LogP contribution in [-0.2, 0) is 6.42 Å². The Balaban J connectivity index is 1.98. The molecule has 3 heteroatoms. The van der Waals surface area contributed by atoms with Crippen molar-refractivity contribution >= 4 is 5.69 Å². The van der Waals surface area contributed by atoms with Crippen molar-refractivity contribution in [1.82, 2.24) is 0 Å². The van der Waals surface area contributed by atoms with Crippen LogP contribution in [0.25, 0.3) is 0 Å². The predicted octanol–water partition coefficient (Wildman–Crippen LogP) is 1.93. The smallest absolute Gasteiger partial charge is 0.125 e. The van der Waals surface area contributed by atoms with Gasteiger partial charge < -0.3 is 10.6 Å². The first-order valence-electron chi connectivity index (χ1n) is 6.04. The molecule has 2 unspecified atom stereocenters. The molecule has 86 valence electrons. The molecule has 0 aromatic heterocycles. The first kappa shape index (κ1) is 10.1. The number of hydrogen-bond acceptors (Lipinski definition) is 2. The molecule has 0 amide bonds. The zero-order valence-corrected chi connectivity index (χ0v) is 9.32. The average molecular weight is 220 g/mol. The molecular weight excluding hydrogens is 203 g/mol. The summed E-state index contributed by atoms with van der Waals surface area (Å²) in [6, 6.07) is 5.71. The Bertz CT molecular complexity index is 405. The van der Waals surface area contributed by atoms with E-state index in [1.54, 1.807) is 12.1 Å². The van der Waals surface area contributed by atoms with E-state index in [1.807, 2.05) is 6.07 Å². The average Bonchev–Trinajstić information content (AvgIpc) is 2.72. The summed E-state index contributed by atoms with van der Waals surface area (Å²) >= 11 is 0. The van der Waals surface area contributed by atoms with Crippen molar-refractivity contribution in [2.45, 2.75) is 25.3 Å². The Hall–Kier alpha value is -1.09. The molecule has 2 N–H and O–H groups in total. The molecule has 1 fully saturated rings. The van der Waals surface area contributed by atoms with Gasteiger partial charge in [-0.05, 0) is 49.4 Å². The number of nitrogens with zero attached hydrogens (tertiary/aromatic N) is 1. The lowest BCUT2D eigenvalue weighted by molar-refractivity contribution is 0.445. The standard InChI is InChI=1S/C13H17FN2/c14-11-3-1-9-2-4-12-10(8-15)5-6-16(12)13(9)7-11/h1,3,7,10,12H,2,4-6,8,15H2. The van der Waals surface area contributed by atoms with Gasteiger partial charge in [0, 0.05) is 18.3 Å². The zero-order valence-electron chi connectivity index (χ0n) is 9.32. The fourth-order valence-corrected chi connectivity index (χ4v) is 3.20. The Morgan fingerprint density at radius 1 is 1.38 bits per heavy atom. The van der Waals surface area contributed by atoms with E-state index in [9.17, 15) is 4.39 Å². The molecule has 2 heterocycles. The zero-order chi connectivity index (χ0) is 11.1. The second kappa shape index (κ2) is 3.74. The van der Waals surface area contributed by atoms with Gasteiger partial charge in [-0.2, -0.15) is 0 Å². The molecule has 0 spiro atoms. The third-order valence-corrected chi connectivity index (χ3v) is 4.05. The number of halogens is 1. The molecular formula is C13H17FN2. The summed E-state index contributed by atoms with van der Waals surface area (Å²) in [6.45, 7) is 1.79. The highest BCUT2D eigenvalue weighted by molar-refractivity contribution is 5.57. The van der Waals surface area contributed by atoms with Crippen molar-refractivity contribution in [3.63, 3.8) is 0 Å². The largest absolute Gasteiger partial charge is 0.368 e. The topological polar surface area (TPSA) is 29.3 Å². The highest BCUT2D eigenvalue weighted by atomic mass is 19.1. The van der Waals surface area contributed by atoms with Crippen LogP contribution in [0.5, 0.6) is 0 Å². The van der Waals surface area contributed by atoms with Crippen LogP contribution in [-0.4, -0.2) is 19.1 Å². The minimum Gasteiger partial charge on any atom is -0.368 e. The lowest BCUT2D eigenvalue weighted by atomic mass is 9.90. The van der Waals surface area contributed by atoms with Gasteiger partial charge in [-0.3, -0.25) is 0 Å². The van der Waals surface area contributed by atoms with Gasteiger partial charge in [0.25, 0.3) is 0 Å². The Morgan fingerprint density at radius 3 is 3.06 bits per heavy atom. The minimum atomic E-state index is -0.129. The molecule has 0 aliphatic carbocycles. The molecule has 0 bridgehead atoms. The van der Waals surface area contributed by atoms with Gasteiger partial charge in [-0.15, -0.1) is 0 Å². The number of aryl methyl sites for hydroxylation is 1. The normalized spacial score (nSPS) is 27.8. The van der Waals surface area contributed by atoms with Crippen LogP contribution in [0, 0.1) is 11.7 Å². The van der Waals surface area contributed by atoms with Crippen LogP contribution in [0.4, 0.5) is 10.1 Å². The second-order valence-corrected chi connectivity index (χ2v) is 4.86. The van der Waals surface area contributed by atoms with Crippen molar-refractivity contribution in [2.75, 3.05) is 18.0 Å². The number of benzene rings is 1. The van der Waals surface area contributed by atoms with Crippen molar-refractivity contribution < 1.29 is 4.39 Å². The molecule has 2 aliphatic rings. The lowest BCUT2D eigenvalue weighted by Crippen LogP contribution is -2.39. The summed E-state index contributed by atoms with van der Waals surface area (Å²) in [4.78, 5) is 2.36.